The number of pyridine rings is 1. The summed E-state index contributed by atoms with van der Waals surface area (Å²) in [4.78, 5) is 18.2. The topological polar surface area (TPSA) is 66.5 Å². The monoisotopic (exact) mass is 314 g/mol. The predicted molar refractivity (Wildman–Crippen MR) is 85.1 cm³/mol. The highest BCUT2D eigenvalue weighted by molar-refractivity contribution is 6.33. The van der Waals surface area contributed by atoms with Crippen LogP contribution >= 0.6 is 11.6 Å². The molecule has 0 saturated heterocycles. The van der Waals surface area contributed by atoms with Crippen LogP contribution in [-0.2, 0) is 4.74 Å². The van der Waals surface area contributed by atoms with E-state index >= 15 is 0 Å². The molecule has 0 aliphatic rings. The molecule has 118 valence electrons. The average molecular weight is 315 g/mol. The van der Waals surface area contributed by atoms with E-state index in [4.69, 9.17) is 16.3 Å². The van der Waals surface area contributed by atoms with Crippen molar-refractivity contribution in [3.8, 4) is 0 Å². The lowest BCUT2D eigenvalue weighted by Crippen LogP contribution is -2.28. The van der Waals surface area contributed by atoms with Crippen molar-refractivity contribution in [2.24, 2.45) is 0 Å². The van der Waals surface area contributed by atoms with Crippen LogP contribution in [0.3, 0.4) is 0 Å². The summed E-state index contributed by atoms with van der Waals surface area (Å²) < 4.78 is 5.41. The first-order valence-electron chi connectivity index (χ1n) is 6.94. The van der Waals surface area contributed by atoms with Crippen LogP contribution in [-0.4, -0.2) is 62.7 Å². The summed E-state index contributed by atoms with van der Waals surface area (Å²) in [5, 5.41) is 6.16. The fourth-order valence-corrected chi connectivity index (χ4v) is 1.76. The number of rotatable bonds is 9. The molecule has 2 N–H and O–H groups in total. The van der Waals surface area contributed by atoms with Crippen molar-refractivity contribution in [3.05, 3.63) is 22.8 Å². The van der Waals surface area contributed by atoms with Crippen LogP contribution in [0.1, 0.15) is 17.3 Å². The Morgan fingerprint density at radius 3 is 2.86 bits per heavy atom. The van der Waals surface area contributed by atoms with E-state index in [-0.39, 0.29) is 5.91 Å². The molecule has 0 spiro atoms. The van der Waals surface area contributed by atoms with E-state index in [9.17, 15) is 4.79 Å². The fraction of sp³-hybridized carbons (Fsp3) is 0.571. The maximum Gasteiger partial charge on any atom is 0.253 e. The van der Waals surface area contributed by atoms with Crippen molar-refractivity contribution in [3.63, 3.8) is 0 Å². The average Bonchev–Trinajstić information content (AvgIpc) is 2.44. The number of hydrogen-bond donors (Lipinski definition) is 2. The Kier molecular flexibility index (Phi) is 8.04. The number of nitrogens with one attached hydrogen (secondary N) is 2. The minimum absolute atomic E-state index is 0.224. The van der Waals surface area contributed by atoms with E-state index in [1.165, 1.54) is 6.20 Å². The molecule has 0 atom stereocenters. The highest BCUT2D eigenvalue weighted by Crippen LogP contribution is 2.17. The standard InChI is InChI=1S/C14H23ClN4O2/c1-4-16-13-9-11(12(15)10-18-13)14(20)17-5-7-21-8-6-19(2)3/h9-10H,4-8H2,1-3H3,(H,16,18)(H,17,20). The summed E-state index contributed by atoms with van der Waals surface area (Å²) in [6.45, 7) is 5.11. The Morgan fingerprint density at radius 2 is 2.19 bits per heavy atom. The number of nitrogens with zero attached hydrogens (tertiary/aromatic N) is 2. The number of aromatic nitrogens is 1. The summed E-state index contributed by atoms with van der Waals surface area (Å²) in [6.07, 6.45) is 1.47. The number of likely N-dealkylation sites (N-methyl/N-ethyl adjacent to an activating group) is 1. The zero-order valence-electron chi connectivity index (χ0n) is 12.8. The number of halogens is 1. The summed E-state index contributed by atoms with van der Waals surface area (Å²) in [5.41, 5.74) is 0.413. The third-order valence-corrected chi connectivity index (χ3v) is 2.97. The van der Waals surface area contributed by atoms with Gasteiger partial charge in [0, 0.05) is 25.8 Å². The van der Waals surface area contributed by atoms with Gasteiger partial charge in [-0.15, -0.1) is 0 Å². The zero-order chi connectivity index (χ0) is 15.7. The number of amides is 1. The Hall–Kier alpha value is -1.37. The van der Waals surface area contributed by atoms with Crippen molar-refractivity contribution in [2.75, 3.05) is 52.3 Å². The van der Waals surface area contributed by atoms with Gasteiger partial charge < -0.3 is 20.3 Å². The van der Waals surface area contributed by atoms with Gasteiger partial charge in [-0.2, -0.15) is 0 Å². The Balaban J connectivity index is 2.39. The molecule has 21 heavy (non-hydrogen) atoms. The van der Waals surface area contributed by atoms with Gasteiger partial charge in [0.15, 0.2) is 0 Å². The number of anilines is 1. The van der Waals surface area contributed by atoms with Gasteiger partial charge in [-0.25, -0.2) is 4.98 Å². The van der Waals surface area contributed by atoms with E-state index in [0.29, 0.717) is 36.2 Å². The van der Waals surface area contributed by atoms with E-state index in [1.807, 2.05) is 25.9 Å². The second-order valence-electron chi connectivity index (χ2n) is 4.75. The molecule has 0 fully saturated rings. The maximum absolute atomic E-state index is 12.0. The molecule has 0 aliphatic carbocycles. The highest BCUT2D eigenvalue weighted by atomic mass is 35.5. The minimum atomic E-state index is -0.224. The lowest BCUT2D eigenvalue weighted by molar-refractivity contribution is 0.0900. The number of hydrogen-bond acceptors (Lipinski definition) is 5. The Morgan fingerprint density at radius 1 is 1.43 bits per heavy atom. The quantitative estimate of drug-likeness (QED) is 0.676. The van der Waals surface area contributed by atoms with Crippen LogP contribution in [0, 0.1) is 0 Å². The van der Waals surface area contributed by atoms with Crippen molar-refractivity contribution in [1.29, 1.82) is 0 Å². The van der Waals surface area contributed by atoms with Crippen molar-refractivity contribution < 1.29 is 9.53 Å². The van der Waals surface area contributed by atoms with Crippen LogP contribution in [0.4, 0.5) is 5.82 Å². The summed E-state index contributed by atoms with van der Waals surface area (Å²) in [6, 6.07) is 1.65. The van der Waals surface area contributed by atoms with Crippen molar-refractivity contribution >= 4 is 23.3 Å². The summed E-state index contributed by atoms with van der Waals surface area (Å²) >= 11 is 6.00. The SMILES string of the molecule is CCNc1cc(C(=O)NCCOCCN(C)C)c(Cl)cn1. The molecule has 0 radical (unpaired) electrons. The fourth-order valence-electron chi connectivity index (χ4n) is 1.57. The third kappa shape index (κ3) is 6.75. The van der Waals surface area contributed by atoms with Crippen LogP contribution in [0.15, 0.2) is 12.3 Å². The van der Waals surface area contributed by atoms with E-state index in [1.54, 1.807) is 6.07 Å². The van der Waals surface area contributed by atoms with Gasteiger partial charge in [0.2, 0.25) is 0 Å². The van der Waals surface area contributed by atoms with Gasteiger partial charge in [0.25, 0.3) is 5.91 Å². The molecule has 0 saturated carbocycles. The summed E-state index contributed by atoms with van der Waals surface area (Å²) in [7, 11) is 3.97. The second kappa shape index (κ2) is 9.55. The predicted octanol–water partition coefficient (Wildman–Crippen LogP) is 1.47. The Labute approximate surface area is 130 Å². The van der Waals surface area contributed by atoms with Gasteiger partial charge in [-0.3, -0.25) is 4.79 Å². The molecule has 1 aromatic heterocycles. The minimum Gasteiger partial charge on any atom is -0.378 e. The Bertz CT molecular complexity index is 455. The first-order chi connectivity index (χ1) is 10.0. The van der Waals surface area contributed by atoms with Crippen molar-refractivity contribution in [1.82, 2.24) is 15.2 Å². The largest absolute Gasteiger partial charge is 0.378 e. The molecule has 0 aliphatic heterocycles. The highest BCUT2D eigenvalue weighted by Gasteiger charge is 2.11. The molecule has 0 aromatic carbocycles. The van der Waals surface area contributed by atoms with Crippen LogP contribution in [0.5, 0.6) is 0 Å². The van der Waals surface area contributed by atoms with Gasteiger partial charge in [0.1, 0.15) is 5.82 Å². The molecule has 7 heteroatoms. The molecule has 6 nitrogen and oxygen atoms in total. The maximum atomic E-state index is 12.0. The molecular formula is C14H23ClN4O2. The van der Waals surface area contributed by atoms with Crippen LogP contribution in [0.25, 0.3) is 0 Å². The number of ether oxygens (including phenoxy) is 1. The molecule has 1 amide bonds. The molecule has 1 heterocycles. The van der Waals surface area contributed by atoms with Gasteiger partial charge in [-0.1, -0.05) is 11.6 Å². The van der Waals surface area contributed by atoms with Crippen LogP contribution < -0.4 is 10.6 Å². The molecular weight excluding hydrogens is 292 g/mol. The number of carbonyl (C=O) groups is 1. The van der Waals surface area contributed by atoms with E-state index in [0.717, 1.165) is 13.1 Å². The molecule has 1 rings (SSSR count). The normalized spacial score (nSPS) is 10.7. The van der Waals surface area contributed by atoms with Gasteiger partial charge in [0.05, 0.1) is 23.8 Å². The molecule has 0 bridgehead atoms. The lowest BCUT2D eigenvalue weighted by Gasteiger charge is -2.11. The van der Waals surface area contributed by atoms with Crippen molar-refractivity contribution in [2.45, 2.75) is 6.92 Å². The van der Waals surface area contributed by atoms with Gasteiger partial charge in [-0.05, 0) is 27.1 Å². The second-order valence-corrected chi connectivity index (χ2v) is 5.16. The lowest BCUT2D eigenvalue weighted by atomic mass is 10.2. The van der Waals surface area contributed by atoms with E-state index in [2.05, 4.69) is 15.6 Å². The molecule has 0 unspecified atom stereocenters. The first-order valence-corrected chi connectivity index (χ1v) is 7.32. The summed E-state index contributed by atoms with van der Waals surface area (Å²) in [5.74, 6) is 0.409. The van der Waals surface area contributed by atoms with Gasteiger partial charge >= 0.3 is 0 Å². The molecule has 1 aromatic rings. The van der Waals surface area contributed by atoms with Crippen LogP contribution in [0.2, 0.25) is 5.02 Å². The first kappa shape index (κ1) is 17.7. The van der Waals surface area contributed by atoms with E-state index < -0.39 is 0 Å². The third-order valence-electron chi connectivity index (χ3n) is 2.67. The smallest absolute Gasteiger partial charge is 0.253 e. The zero-order valence-corrected chi connectivity index (χ0v) is 13.5. The number of carbonyl (C=O) groups excluding carboxylic acids is 1.